The van der Waals surface area contributed by atoms with Crippen LogP contribution in [0.5, 0.6) is 0 Å². The number of hydrogen-bond donors (Lipinski definition) is 2. The summed E-state index contributed by atoms with van der Waals surface area (Å²) in [7, 11) is 0. The maximum atomic E-state index is 11.5. The van der Waals surface area contributed by atoms with Crippen LogP contribution >= 0.6 is 0 Å². The fraction of sp³-hybridized carbons (Fsp3) is 0.241. The number of carbonyl (C=O) groups excluding carboxylic acids is 1. The molecule has 2 N–H and O–H groups in total. The normalized spacial score (nSPS) is 13.9. The maximum absolute atomic E-state index is 11.5. The van der Waals surface area contributed by atoms with Crippen LogP contribution < -0.4 is 15.5 Å². The molecule has 1 fully saturated rings. The number of benzene rings is 3. The topological polar surface area (TPSA) is 83.0 Å². The number of amides is 1. The van der Waals surface area contributed by atoms with Crippen LogP contribution in [0.3, 0.4) is 0 Å². The molecule has 1 aromatic heterocycles. The third-order valence-corrected chi connectivity index (χ3v) is 6.71. The van der Waals surface area contributed by atoms with Crippen molar-refractivity contribution in [3.8, 4) is 11.1 Å². The summed E-state index contributed by atoms with van der Waals surface area (Å²) in [5.41, 5.74) is 6.53. The molecular weight excluding hydrogens is 448 g/mol. The molecule has 182 valence electrons. The number of aromatic nitrogens is 3. The van der Waals surface area contributed by atoms with Gasteiger partial charge in [0.25, 0.3) is 0 Å². The van der Waals surface area contributed by atoms with E-state index < -0.39 is 0 Å². The highest BCUT2D eigenvalue weighted by Crippen LogP contribution is 2.36. The van der Waals surface area contributed by atoms with E-state index in [1.165, 1.54) is 23.6 Å². The van der Waals surface area contributed by atoms with Crippen LogP contribution in [-0.4, -0.2) is 33.9 Å². The monoisotopic (exact) mass is 478 g/mol. The number of carbonyl (C=O) groups is 1. The number of nitrogens with one attached hydrogen (secondary N) is 2. The molecule has 7 heteroatoms. The van der Waals surface area contributed by atoms with Crippen LogP contribution in [0.25, 0.3) is 11.1 Å². The lowest BCUT2D eigenvalue weighted by Gasteiger charge is -2.33. The summed E-state index contributed by atoms with van der Waals surface area (Å²) in [4.78, 5) is 27.2. The van der Waals surface area contributed by atoms with Crippen LogP contribution in [0.15, 0.2) is 79.1 Å². The number of hydrogen-bond acceptors (Lipinski definition) is 6. The highest BCUT2D eigenvalue weighted by molar-refractivity contribution is 5.90. The summed E-state index contributed by atoms with van der Waals surface area (Å²) >= 11 is 0. The zero-order valence-corrected chi connectivity index (χ0v) is 20.6. The molecule has 0 aliphatic carbocycles. The van der Waals surface area contributed by atoms with Gasteiger partial charge in [-0.25, -0.2) is 9.97 Å². The van der Waals surface area contributed by atoms with Crippen molar-refractivity contribution >= 4 is 29.2 Å². The van der Waals surface area contributed by atoms with Gasteiger partial charge in [-0.3, -0.25) is 4.79 Å². The summed E-state index contributed by atoms with van der Waals surface area (Å²) in [5.74, 6) is 1.56. The molecule has 0 atom stereocenters. The zero-order chi connectivity index (χ0) is 24.9. The van der Waals surface area contributed by atoms with Crippen LogP contribution in [-0.2, 0) is 4.79 Å². The van der Waals surface area contributed by atoms with Gasteiger partial charge in [0, 0.05) is 31.4 Å². The van der Waals surface area contributed by atoms with E-state index in [9.17, 15) is 4.79 Å². The van der Waals surface area contributed by atoms with E-state index >= 15 is 0 Å². The first-order chi connectivity index (χ1) is 17.6. The lowest BCUT2D eigenvalue weighted by molar-refractivity contribution is -0.114. The lowest BCUT2D eigenvalue weighted by atomic mass is 9.84. The van der Waals surface area contributed by atoms with E-state index in [-0.39, 0.29) is 5.91 Å². The van der Waals surface area contributed by atoms with E-state index in [1.54, 1.807) is 6.33 Å². The van der Waals surface area contributed by atoms with Crippen molar-refractivity contribution in [1.82, 2.24) is 15.0 Å². The minimum absolute atomic E-state index is 0.104. The van der Waals surface area contributed by atoms with Gasteiger partial charge in [0.1, 0.15) is 6.33 Å². The van der Waals surface area contributed by atoms with Gasteiger partial charge in [-0.15, -0.1) is 0 Å². The third-order valence-electron chi connectivity index (χ3n) is 6.71. The Kier molecular flexibility index (Phi) is 6.89. The van der Waals surface area contributed by atoms with E-state index in [0.29, 0.717) is 17.8 Å². The molecule has 1 saturated heterocycles. The van der Waals surface area contributed by atoms with E-state index in [0.717, 1.165) is 42.9 Å². The standard InChI is InChI=1S/C29H30N6O/c1-20-26(32-21(2)36)13-8-14-27(20)33-28-30-19-31-29(34-28)35-17-15-23(16-18-35)25-12-7-6-11-24(25)22-9-4-3-5-10-22/h3-14,19,23H,15-18H2,1-2H3,(H,32,36)(H,30,31,33,34). The van der Waals surface area contributed by atoms with Gasteiger partial charge in [0.2, 0.25) is 17.8 Å². The second-order valence-electron chi connectivity index (χ2n) is 9.11. The Morgan fingerprint density at radius 1 is 0.889 bits per heavy atom. The first-order valence-electron chi connectivity index (χ1n) is 12.3. The SMILES string of the molecule is CC(=O)Nc1cccc(Nc2ncnc(N3CCC(c4ccccc4-c4ccccc4)CC3)n2)c1C. The third kappa shape index (κ3) is 5.20. The largest absolute Gasteiger partial charge is 0.341 e. The van der Waals surface area contributed by atoms with E-state index in [1.807, 2.05) is 25.1 Å². The maximum Gasteiger partial charge on any atom is 0.232 e. The van der Waals surface area contributed by atoms with Crippen LogP contribution in [0.1, 0.15) is 36.8 Å². The molecule has 0 bridgehead atoms. The molecule has 36 heavy (non-hydrogen) atoms. The number of rotatable bonds is 6. The Morgan fingerprint density at radius 2 is 1.61 bits per heavy atom. The molecule has 0 unspecified atom stereocenters. The van der Waals surface area contributed by atoms with Crippen molar-refractivity contribution in [2.75, 3.05) is 28.6 Å². The van der Waals surface area contributed by atoms with Gasteiger partial charge < -0.3 is 15.5 Å². The highest BCUT2D eigenvalue weighted by Gasteiger charge is 2.24. The molecule has 1 amide bonds. The number of anilines is 4. The van der Waals surface area contributed by atoms with Gasteiger partial charge in [-0.1, -0.05) is 60.7 Å². The lowest BCUT2D eigenvalue weighted by Crippen LogP contribution is -2.34. The molecule has 0 saturated carbocycles. The Morgan fingerprint density at radius 3 is 2.39 bits per heavy atom. The summed E-state index contributed by atoms with van der Waals surface area (Å²) in [5, 5.41) is 6.14. The second-order valence-corrected chi connectivity index (χ2v) is 9.11. The van der Waals surface area contributed by atoms with Gasteiger partial charge in [0.15, 0.2) is 0 Å². The quantitative estimate of drug-likeness (QED) is 0.357. The second kappa shape index (κ2) is 10.6. The molecule has 1 aliphatic heterocycles. The Hall–Kier alpha value is -4.26. The molecule has 2 heterocycles. The fourth-order valence-corrected chi connectivity index (χ4v) is 4.84. The van der Waals surface area contributed by atoms with Crippen LogP contribution in [0.4, 0.5) is 23.3 Å². The van der Waals surface area contributed by atoms with Crippen molar-refractivity contribution < 1.29 is 4.79 Å². The molecule has 4 aromatic rings. The van der Waals surface area contributed by atoms with Crippen molar-refractivity contribution in [2.45, 2.75) is 32.6 Å². The van der Waals surface area contributed by atoms with Gasteiger partial charge in [0.05, 0.1) is 0 Å². The zero-order valence-electron chi connectivity index (χ0n) is 20.6. The molecule has 0 radical (unpaired) electrons. The Labute approximate surface area is 211 Å². The van der Waals surface area contributed by atoms with Crippen molar-refractivity contribution in [3.05, 3.63) is 90.3 Å². The average Bonchev–Trinajstić information content (AvgIpc) is 2.91. The molecule has 0 spiro atoms. The van der Waals surface area contributed by atoms with E-state index in [2.05, 4.69) is 80.1 Å². The molecular formula is C29H30N6O. The predicted octanol–water partition coefficient (Wildman–Crippen LogP) is 5.93. The van der Waals surface area contributed by atoms with Gasteiger partial charge in [-0.2, -0.15) is 4.98 Å². The first kappa shape index (κ1) is 23.5. The van der Waals surface area contributed by atoms with Gasteiger partial charge >= 0.3 is 0 Å². The minimum Gasteiger partial charge on any atom is -0.341 e. The number of piperidine rings is 1. The van der Waals surface area contributed by atoms with Crippen LogP contribution in [0, 0.1) is 6.92 Å². The summed E-state index contributed by atoms with van der Waals surface area (Å²) in [6.07, 6.45) is 3.63. The van der Waals surface area contributed by atoms with Crippen molar-refractivity contribution in [3.63, 3.8) is 0 Å². The van der Waals surface area contributed by atoms with Gasteiger partial charge in [-0.05, 0) is 60.1 Å². The average molecular weight is 479 g/mol. The van der Waals surface area contributed by atoms with Crippen molar-refractivity contribution in [1.29, 1.82) is 0 Å². The molecule has 1 aliphatic rings. The van der Waals surface area contributed by atoms with Crippen LogP contribution in [0.2, 0.25) is 0 Å². The highest BCUT2D eigenvalue weighted by atomic mass is 16.1. The summed E-state index contributed by atoms with van der Waals surface area (Å²) < 4.78 is 0. The van der Waals surface area contributed by atoms with E-state index in [4.69, 9.17) is 4.98 Å². The summed E-state index contributed by atoms with van der Waals surface area (Å²) in [6, 6.07) is 25.1. The Balaban J connectivity index is 1.28. The smallest absolute Gasteiger partial charge is 0.232 e. The molecule has 7 nitrogen and oxygen atoms in total. The fourth-order valence-electron chi connectivity index (χ4n) is 4.84. The molecule has 5 rings (SSSR count). The molecule has 3 aromatic carbocycles. The minimum atomic E-state index is -0.104. The Bertz CT molecular complexity index is 1350. The predicted molar refractivity (Wildman–Crippen MR) is 145 cm³/mol. The van der Waals surface area contributed by atoms with Crippen molar-refractivity contribution in [2.24, 2.45) is 0 Å². The first-order valence-corrected chi connectivity index (χ1v) is 12.3. The summed E-state index contributed by atoms with van der Waals surface area (Å²) in [6.45, 7) is 5.22. The number of nitrogens with zero attached hydrogens (tertiary/aromatic N) is 4.